The molecular formula is C50H50N2O17. The molecule has 9 rings (SSSR count). The molecule has 8 atom stereocenters. The van der Waals surface area contributed by atoms with E-state index in [9.17, 15) is 39.6 Å². The lowest BCUT2D eigenvalue weighted by atomic mass is 9.89. The molecule has 69 heavy (non-hydrogen) atoms. The van der Waals surface area contributed by atoms with E-state index in [0.717, 1.165) is 0 Å². The number of carbonyl (C=O) groups excluding carboxylic acids is 2. The van der Waals surface area contributed by atoms with Gasteiger partial charge >= 0.3 is 11.3 Å². The van der Waals surface area contributed by atoms with Gasteiger partial charge in [-0.2, -0.15) is 0 Å². The number of ether oxygens (including phenoxy) is 6. The number of aryl methyl sites for hydroxylation is 2. The maximum atomic E-state index is 13.8. The summed E-state index contributed by atoms with van der Waals surface area (Å²) in [6.07, 6.45) is -9.68. The smallest absolute Gasteiger partial charge is 0.360 e. The highest BCUT2D eigenvalue weighted by atomic mass is 16.7. The van der Waals surface area contributed by atoms with E-state index in [2.05, 4.69) is 10.6 Å². The first-order chi connectivity index (χ1) is 32.7. The molecule has 5 heterocycles. The van der Waals surface area contributed by atoms with Crippen molar-refractivity contribution in [3.63, 3.8) is 0 Å². The first-order valence-corrected chi connectivity index (χ1v) is 21.9. The van der Waals surface area contributed by atoms with Gasteiger partial charge in [0, 0.05) is 52.5 Å². The SMILES string of the molecule is CO[C@@H]1[C@@H](O)[C@@H](O)[C@H](Oc2ccc3cc(NC(=O)c4ccc5oc6c(C(=O)Nc7cc8ccc(O[C@@H]9OC(C)(C)[C@H](OC)[C@@H](O)[C@H]9O)c(C)c8oc7=O)cccc6c5c4)c(=O)oc3c2C)OC1(C)C. The molecule has 362 valence electrons. The third-order valence-electron chi connectivity index (χ3n) is 12.8. The number of furan rings is 1. The second-order valence-electron chi connectivity index (χ2n) is 18.2. The van der Waals surface area contributed by atoms with Gasteiger partial charge in [0.15, 0.2) is 0 Å². The van der Waals surface area contributed by atoms with Crippen LogP contribution in [0.5, 0.6) is 11.5 Å². The van der Waals surface area contributed by atoms with Gasteiger partial charge in [-0.1, -0.05) is 12.1 Å². The summed E-state index contributed by atoms with van der Waals surface area (Å²) < 4.78 is 52.0. The zero-order valence-electron chi connectivity index (χ0n) is 38.6. The fourth-order valence-corrected chi connectivity index (χ4v) is 9.20. The lowest BCUT2D eigenvalue weighted by molar-refractivity contribution is -0.306. The molecule has 0 unspecified atom stereocenters. The molecule has 2 fully saturated rings. The highest BCUT2D eigenvalue weighted by molar-refractivity contribution is 6.18. The maximum absolute atomic E-state index is 13.8. The van der Waals surface area contributed by atoms with Crippen LogP contribution in [-0.4, -0.2) is 107 Å². The molecule has 19 nitrogen and oxygen atoms in total. The average molecular weight is 951 g/mol. The molecule has 7 aromatic rings. The predicted molar refractivity (Wildman–Crippen MR) is 249 cm³/mol. The second-order valence-corrected chi connectivity index (χ2v) is 18.2. The molecule has 2 saturated heterocycles. The van der Waals surface area contributed by atoms with E-state index in [1.165, 1.54) is 38.5 Å². The highest BCUT2D eigenvalue weighted by Crippen LogP contribution is 2.38. The monoisotopic (exact) mass is 950 g/mol. The van der Waals surface area contributed by atoms with Crippen molar-refractivity contribution in [3.8, 4) is 11.5 Å². The number of carbonyl (C=O) groups is 2. The van der Waals surface area contributed by atoms with Crippen molar-refractivity contribution < 1.29 is 71.7 Å². The Balaban J connectivity index is 0.915. The van der Waals surface area contributed by atoms with Gasteiger partial charge in [0.1, 0.15) is 81.8 Å². The van der Waals surface area contributed by atoms with Crippen LogP contribution in [0.4, 0.5) is 11.4 Å². The Bertz CT molecular complexity index is 3300. The fraction of sp³-hybridized carbons (Fsp3) is 0.360. The third-order valence-corrected chi connectivity index (χ3v) is 12.8. The lowest BCUT2D eigenvalue weighted by Crippen LogP contribution is -2.63. The minimum atomic E-state index is -1.45. The van der Waals surface area contributed by atoms with Crippen molar-refractivity contribution in [3.05, 3.63) is 116 Å². The number of nitrogens with one attached hydrogen (secondary N) is 2. The van der Waals surface area contributed by atoms with Gasteiger partial charge in [-0.15, -0.1) is 0 Å². The van der Waals surface area contributed by atoms with Gasteiger partial charge in [0.25, 0.3) is 11.8 Å². The van der Waals surface area contributed by atoms with Crippen molar-refractivity contribution >= 4 is 67.1 Å². The minimum absolute atomic E-state index is 0.0854. The van der Waals surface area contributed by atoms with Gasteiger partial charge in [-0.25, -0.2) is 9.59 Å². The molecule has 2 amide bonds. The molecule has 3 aromatic heterocycles. The van der Waals surface area contributed by atoms with Crippen LogP contribution in [0.25, 0.3) is 43.9 Å². The number of rotatable bonds is 10. The van der Waals surface area contributed by atoms with Gasteiger partial charge < -0.3 is 72.7 Å². The first kappa shape index (κ1) is 47.4. The number of hydrogen-bond acceptors (Lipinski definition) is 17. The second kappa shape index (κ2) is 17.7. The lowest BCUT2D eigenvalue weighted by Gasteiger charge is -2.46. The largest absolute Gasteiger partial charge is 0.462 e. The molecule has 0 saturated carbocycles. The van der Waals surface area contributed by atoms with E-state index in [-0.39, 0.29) is 50.7 Å². The number of para-hydroxylation sites is 1. The van der Waals surface area contributed by atoms with Crippen molar-refractivity contribution in [2.45, 2.75) is 102 Å². The Labute approximate surface area is 392 Å². The summed E-state index contributed by atoms with van der Waals surface area (Å²) in [5.41, 5.74) is -2.11. The Morgan fingerprint density at radius 1 is 0.580 bits per heavy atom. The molecule has 0 bridgehead atoms. The van der Waals surface area contributed by atoms with Crippen molar-refractivity contribution in [1.82, 2.24) is 0 Å². The van der Waals surface area contributed by atoms with Crippen molar-refractivity contribution in [2.75, 3.05) is 24.9 Å². The number of hydrogen-bond donors (Lipinski definition) is 6. The van der Waals surface area contributed by atoms with Gasteiger partial charge in [0.2, 0.25) is 12.6 Å². The topological polar surface area (TPSA) is 268 Å². The molecule has 6 N–H and O–H groups in total. The van der Waals surface area contributed by atoms with Crippen LogP contribution in [0.15, 0.2) is 95.6 Å². The molecule has 19 heteroatoms. The molecule has 0 spiro atoms. The Hall–Kier alpha value is -6.68. The standard InChI is InChI=1S/C50H50N2O17/c1-21-31(64-47-36(55)34(53)41(61-7)49(3,4)68-47)15-12-23-19-29(45(59)66-38(21)23)51-43(57)25-14-17-33-28(18-25)26-10-9-11-27(40(26)63-33)44(58)52-30-20-24-13-16-32(22(2)39(24)67-46(30)60)65-48-37(56)35(54)42(62-8)50(5,6)69-48/h9-20,34-37,41-42,47-48,53-56H,1-8H3,(H,51,57)(H,52,58)/t34-,35-,36+,37+,41+,42+,47+,48+/m0/s1. The number of amides is 2. The number of methoxy groups -OCH3 is 2. The van der Waals surface area contributed by atoms with Crippen LogP contribution in [0, 0.1) is 13.8 Å². The molecular weight excluding hydrogens is 901 g/mol. The van der Waals surface area contributed by atoms with Crippen LogP contribution < -0.4 is 31.4 Å². The molecule has 2 aliphatic heterocycles. The molecule has 0 radical (unpaired) electrons. The van der Waals surface area contributed by atoms with Crippen LogP contribution in [0.1, 0.15) is 59.5 Å². The molecule has 0 aliphatic carbocycles. The molecule has 4 aromatic carbocycles. The fourth-order valence-electron chi connectivity index (χ4n) is 9.20. The van der Waals surface area contributed by atoms with E-state index in [1.807, 2.05) is 0 Å². The normalized spacial score (nSPS) is 24.4. The van der Waals surface area contributed by atoms with Crippen LogP contribution >= 0.6 is 0 Å². The van der Waals surface area contributed by atoms with Crippen molar-refractivity contribution in [1.29, 1.82) is 0 Å². The highest BCUT2D eigenvalue weighted by Gasteiger charge is 2.52. The Morgan fingerprint density at radius 2 is 1.07 bits per heavy atom. The van der Waals surface area contributed by atoms with Gasteiger partial charge in [-0.05, 0) is 102 Å². The number of aliphatic hydroxyl groups excluding tert-OH is 4. The zero-order chi connectivity index (χ0) is 49.4. The minimum Gasteiger partial charge on any atom is -0.462 e. The van der Waals surface area contributed by atoms with Crippen LogP contribution in [0.3, 0.4) is 0 Å². The average Bonchev–Trinajstić information content (AvgIpc) is 3.68. The maximum Gasteiger partial charge on any atom is 0.360 e. The van der Waals surface area contributed by atoms with Crippen LogP contribution in [0.2, 0.25) is 0 Å². The van der Waals surface area contributed by atoms with Gasteiger partial charge in [-0.3, -0.25) is 9.59 Å². The summed E-state index contributed by atoms with van der Waals surface area (Å²) in [6.45, 7) is 10.1. The summed E-state index contributed by atoms with van der Waals surface area (Å²) in [7, 11) is 2.81. The van der Waals surface area contributed by atoms with E-state index in [4.69, 9.17) is 41.7 Å². The number of aliphatic hydroxyl groups is 4. The number of benzene rings is 4. The zero-order valence-corrected chi connectivity index (χ0v) is 38.6. The summed E-state index contributed by atoms with van der Waals surface area (Å²) in [5.74, 6) is -0.867. The summed E-state index contributed by atoms with van der Waals surface area (Å²) in [6, 6.07) is 18.8. The quantitative estimate of drug-likeness (QED) is 0.0935. The first-order valence-electron chi connectivity index (χ1n) is 21.9. The Kier molecular flexibility index (Phi) is 12.1. The van der Waals surface area contributed by atoms with Gasteiger partial charge in [0.05, 0.1) is 16.8 Å². The van der Waals surface area contributed by atoms with Crippen LogP contribution in [-0.2, 0) is 18.9 Å². The van der Waals surface area contributed by atoms with E-state index in [1.54, 1.807) is 90.1 Å². The molecule has 2 aliphatic rings. The Morgan fingerprint density at radius 3 is 1.57 bits per heavy atom. The van der Waals surface area contributed by atoms with E-state index in [0.29, 0.717) is 38.3 Å². The van der Waals surface area contributed by atoms with E-state index < -0.39 is 83.5 Å². The van der Waals surface area contributed by atoms with Crippen molar-refractivity contribution in [2.24, 2.45) is 0 Å². The summed E-state index contributed by atoms with van der Waals surface area (Å²) in [5, 5.41) is 50.0. The summed E-state index contributed by atoms with van der Waals surface area (Å²) >= 11 is 0. The number of fused-ring (bicyclic) bond motifs is 5. The summed E-state index contributed by atoms with van der Waals surface area (Å²) in [4.78, 5) is 54.1. The van der Waals surface area contributed by atoms with E-state index >= 15 is 0 Å². The third kappa shape index (κ3) is 8.40. The predicted octanol–water partition coefficient (Wildman–Crippen LogP) is 5.42. The number of anilines is 2.